The summed E-state index contributed by atoms with van der Waals surface area (Å²) in [5, 5.41) is 48.6. The molecule has 1 heterocycles. The van der Waals surface area contributed by atoms with Crippen LogP contribution in [0.4, 0.5) is 0 Å². The van der Waals surface area contributed by atoms with Gasteiger partial charge < -0.3 is 35.0 Å². The molecule has 1 saturated heterocycles. The van der Waals surface area contributed by atoms with Crippen molar-refractivity contribution in [1.29, 1.82) is 0 Å². The lowest BCUT2D eigenvalue weighted by Gasteiger charge is -2.43. The molecule has 5 N–H and O–H groups in total. The number of hydrogen-bond acceptors (Lipinski definition) is 8. The summed E-state index contributed by atoms with van der Waals surface area (Å²) in [6.45, 7) is 4.82. The van der Waals surface area contributed by atoms with Crippen LogP contribution >= 0.6 is 0 Å². The Morgan fingerprint density at radius 3 is 2.59 bits per heavy atom. The fourth-order valence-electron chi connectivity index (χ4n) is 3.73. The number of hydrogen-bond donors (Lipinski definition) is 5. The highest BCUT2D eigenvalue weighted by molar-refractivity contribution is 5.92. The largest absolute Gasteiger partial charge is 0.394 e. The number of carbonyl (C=O) groups is 1. The summed E-state index contributed by atoms with van der Waals surface area (Å²) in [7, 11) is 0. The van der Waals surface area contributed by atoms with Crippen LogP contribution in [-0.2, 0) is 14.3 Å². The Kier molecular flexibility index (Phi) is 7.32. The first-order chi connectivity index (χ1) is 12.6. The first-order valence-electron chi connectivity index (χ1n) is 9.08. The van der Waals surface area contributed by atoms with Gasteiger partial charge in [-0.3, -0.25) is 4.79 Å². The van der Waals surface area contributed by atoms with E-state index in [9.17, 15) is 30.3 Å². The third-order valence-corrected chi connectivity index (χ3v) is 5.22. The van der Waals surface area contributed by atoms with Crippen molar-refractivity contribution < 1.29 is 39.8 Å². The molecule has 2 aliphatic rings. The van der Waals surface area contributed by atoms with E-state index in [-0.39, 0.29) is 24.7 Å². The van der Waals surface area contributed by atoms with E-state index in [0.717, 1.165) is 5.57 Å². The molecular formula is C19H30O8. The van der Waals surface area contributed by atoms with Gasteiger partial charge in [0.2, 0.25) is 0 Å². The van der Waals surface area contributed by atoms with Crippen molar-refractivity contribution >= 4 is 5.78 Å². The zero-order valence-corrected chi connectivity index (χ0v) is 15.9. The fourth-order valence-corrected chi connectivity index (χ4v) is 3.73. The van der Waals surface area contributed by atoms with Crippen LogP contribution in [0.3, 0.4) is 0 Å². The molecule has 0 aromatic rings. The van der Waals surface area contributed by atoms with Crippen LogP contribution in [0.25, 0.3) is 0 Å². The lowest BCUT2D eigenvalue weighted by atomic mass is 9.67. The molecular weight excluding hydrogens is 356 g/mol. The van der Waals surface area contributed by atoms with Crippen LogP contribution in [0.1, 0.15) is 27.2 Å². The third kappa shape index (κ3) is 5.03. The second-order valence-corrected chi connectivity index (χ2v) is 7.80. The maximum Gasteiger partial charge on any atom is 0.186 e. The van der Waals surface area contributed by atoms with Crippen LogP contribution in [0.2, 0.25) is 0 Å². The van der Waals surface area contributed by atoms with Crippen LogP contribution in [-0.4, -0.2) is 81.3 Å². The molecule has 0 aromatic heterocycles. The lowest BCUT2D eigenvalue weighted by Crippen LogP contribution is -2.59. The summed E-state index contributed by atoms with van der Waals surface area (Å²) < 4.78 is 11.1. The van der Waals surface area contributed by atoms with Gasteiger partial charge in [0.1, 0.15) is 24.4 Å². The molecule has 0 unspecified atom stereocenters. The maximum absolute atomic E-state index is 12.1. The molecule has 0 radical (unpaired) electrons. The lowest BCUT2D eigenvalue weighted by molar-refractivity contribution is -0.306. The number of allylic oxidation sites excluding steroid dienone is 3. The number of ketones is 1. The van der Waals surface area contributed by atoms with Gasteiger partial charge in [-0.2, -0.15) is 0 Å². The topological polar surface area (TPSA) is 137 Å². The van der Waals surface area contributed by atoms with Gasteiger partial charge in [-0.25, -0.2) is 0 Å². The minimum absolute atomic E-state index is 0.0292. The predicted octanol–water partition coefficient (Wildman–Crippen LogP) is -0.718. The van der Waals surface area contributed by atoms with Crippen molar-refractivity contribution in [2.24, 2.45) is 11.3 Å². The second-order valence-electron chi connectivity index (χ2n) is 7.80. The molecule has 1 fully saturated rings. The highest BCUT2D eigenvalue weighted by Crippen LogP contribution is 2.42. The van der Waals surface area contributed by atoms with Crippen molar-refractivity contribution in [2.75, 3.05) is 13.2 Å². The molecule has 0 bridgehead atoms. The molecule has 1 aliphatic heterocycles. The van der Waals surface area contributed by atoms with Crippen LogP contribution in [0.5, 0.6) is 0 Å². The van der Waals surface area contributed by atoms with Crippen LogP contribution < -0.4 is 0 Å². The minimum Gasteiger partial charge on any atom is -0.394 e. The number of aliphatic hydroxyl groups is 5. The predicted molar refractivity (Wildman–Crippen MR) is 95.5 cm³/mol. The summed E-state index contributed by atoms with van der Waals surface area (Å²) in [6.07, 6.45) is -2.15. The standard InChI is InChI=1S/C19H30O8/c1-10-6-12(22)7-19(3,13(10)5-4-11(2)21)9-26-18-17(25)16(24)15(23)14(8-20)27-18/h4-6,11,13-18,20-21,23-25H,7-9H2,1-3H3/b5-4+/t11-,13+,14-,15-,16+,17-,18-,19+/m1/s1. The van der Waals surface area contributed by atoms with Gasteiger partial charge in [-0.05, 0) is 19.9 Å². The average molecular weight is 386 g/mol. The Morgan fingerprint density at radius 1 is 1.33 bits per heavy atom. The molecule has 2 rings (SSSR count). The van der Waals surface area contributed by atoms with E-state index in [1.54, 1.807) is 19.1 Å². The number of carbonyl (C=O) groups excluding carboxylic acids is 1. The van der Waals surface area contributed by atoms with Crippen molar-refractivity contribution in [3.63, 3.8) is 0 Å². The number of aliphatic hydroxyl groups excluding tert-OH is 5. The van der Waals surface area contributed by atoms with Crippen molar-refractivity contribution in [3.05, 3.63) is 23.8 Å². The molecule has 8 atom stereocenters. The quantitative estimate of drug-likeness (QED) is 0.377. The summed E-state index contributed by atoms with van der Waals surface area (Å²) in [5.74, 6) is -0.219. The van der Waals surface area contributed by atoms with Crippen LogP contribution in [0.15, 0.2) is 23.8 Å². The molecule has 0 spiro atoms. The number of ether oxygens (including phenoxy) is 2. The van der Waals surface area contributed by atoms with E-state index < -0.39 is 48.8 Å². The Balaban J connectivity index is 2.15. The van der Waals surface area contributed by atoms with Crippen molar-refractivity contribution in [3.8, 4) is 0 Å². The van der Waals surface area contributed by atoms with E-state index in [1.807, 2.05) is 19.9 Å². The molecule has 8 heteroatoms. The normalized spacial score (nSPS) is 41.6. The van der Waals surface area contributed by atoms with Crippen molar-refractivity contribution in [2.45, 2.75) is 64.0 Å². The van der Waals surface area contributed by atoms with Gasteiger partial charge in [0.15, 0.2) is 12.1 Å². The highest BCUT2D eigenvalue weighted by atomic mass is 16.7. The van der Waals surface area contributed by atoms with Gasteiger partial charge in [-0.15, -0.1) is 0 Å². The Labute approximate surface area is 158 Å². The Morgan fingerprint density at radius 2 is 2.00 bits per heavy atom. The van der Waals surface area contributed by atoms with Gasteiger partial charge in [0, 0.05) is 17.8 Å². The molecule has 0 aromatic carbocycles. The minimum atomic E-state index is -1.52. The zero-order chi connectivity index (χ0) is 20.4. The third-order valence-electron chi connectivity index (χ3n) is 5.22. The maximum atomic E-state index is 12.1. The van der Waals surface area contributed by atoms with Gasteiger partial charge in [0.25, 0.3) is 0 Å². The molecule has 154 valence electrons. The van der Waals surface area contributed by atoms with E-state index in [0.29, 0.717) is 0 Å². The van der Waals surface area contributed by atoms with Gasteiger partial charge in [-0.1, -0.05) is 24.6 Å². The Bertz CT molecular complexity index is 584. The van der Waals surface area contributed by atoms with Gasteiger partial charge >= 0.3 is 0 Å². The van der Waals surface area contributed by atoms with E-state index in [2.05, 4.69) is 0 Å². The SMILES string of the molecule is CC1=CC(=O)C[C@@](C)(CO[C@@H]2O[C@H](CO)[C@@H](O)[C@H](O)[C@H]2O)[C@H]1/C=C/[C@@H](C)O. The smallest absolute Gasteiger partial charge is 0.186 e. The second kappa shape index (κ2) is 8.91. The number of rotatable bonds is 6. The van der Waals surface area contributed by atoms with E-state index in [1.165, 1.54) is 0 Å². The monoisotopic (exact) mass is 386 g/mol. The summed E-state index contributed by atoms with van der Waals surface area (Å²) >= 11 is 0. The highest BCUT2D eigenvalue weighted by Gasteiger charge is 2.46. The summed E-state index contributed by atoms with van der Waals surface area (Å²) in [4.78, 5) is 12.1. The fraction of sp³-hybridized carbons (Fsp3) is 0.737. The molecule has 0 saturated carbocycles. The Hall–Kier alpha value is -1.13. The summed E-state index contributed by atoms with van der Waals surface area (Å²) in [6, 6.07) is 0. The molecule has 1 aliphatic carbocycles. The van der Waals surface area contributed by atoms with Gasteiger partial charge in [0.05, 0.1) is 19.3 Å². The van der Waals surface area contributed by atoms with Crippen molar-refractivity contribution in [1.82, 2.24) is 0 Å². The van der Waals surface area contributed by atoms with E-state index in [4.69, 9.17) is 9.47 Å². The van der Waals surface area contributed by atoms with Crippen LogP contribution in [0, 0.1) is 11.3 Å². The molecule has 0 amide bonds. The summed E-state index contributed by atoms with van der Waals surface area (Å²) in [5.41, 5.74) is 0.183. The van der Waals surface area contributed by atoms with E-state index >= 15 is 0 Å². The zero-order valence-electron chi connectivity index (χ0n) is 15.9. The molecule has 27 heavy (non-hydrogen) atoms. The molecule has 8 nitrogen and oxygen atoms in total. The first kappa shape index (κ1) is 22.2. The average Bonchev–Trinajstić information content (AvgIpc) is 2.58. The first-order valence-corrected chi connectivity index (χ1v) is 9.08.